The van der Waals surface area contributed by atoms with Crippen LogP contribution in [0.5, 0.6) is 5.75 Å². The topological polar surface area (TPSA) is 52.3 Å². The van der Waals surface area contributed by atoms with Gasteiger partial charge in [0.15, 0.2) is 17.3 Å². The largest absolute Gasteiger partial charge is 0.494 e. The molecule has 17 heavy (non-hydrogen) atoms. The van der Waals surface area contributed by atoms with Gasteiger partial charge >= 0.3 is 0 Å². The maximum Gasteiger partial charge on any atom is 0.165 e. The Bertz CT molecular complexity index is 429. The van der Waals surface area contributed by atoms with Crippen molar-refractivity contribution in [1.29, 1.82) is 0 Å². The molecule has 0 aliphatic heterocycles. The van der Waals surface area contributed by atoms with Gasteiger partial charge in [-0.05, 0) is 37.0 Å². The summed E-state index contributed by atoms with van der Waals surface area (Å²) in [5.41, 5.74) is 6.53. The smallest absolute Gasteiger partial charge is 0.165 e. The van der Waals surface area contributed by atoms with Crippen molar-refractivity contribution in [2.75, 3.05) is 7.11 Å². The molecule has 1 saturated carbocycles. The third-order valence-electron chi connectivity index (χ3n) is 3.02. The molecule has 0 amide bonds. The van der Waals surface area contributed by atoms with Crippen LogP contribution in [0.1, 0.15) is 18.4 Å². The highest BCUT2D eigenvalue weighted by Gasteiger charge is 2.33. The van der Waals surface area contributed by atoms with Crippen molar-refractivity contribution in [1.82, 2.24) is 0 Å². The van der Waals surface area contributed by atoms with Crippen LogP contribution in [0, 0.1) is 11.7 Å². The van der Waals surface area contributed by atoms with Crippen LogP contribution < -0.4 is 10.5 Å². The van der Waals surface area contributed by atoms with Crippen molar-refractivity contribution in [3.63, 3.8) is 0 Å². The van der Waals surface area contributed by atoms with Crippen LogP contribution in [0.15, 0.2) is 18.2 Å². The molecule has 1 atom stereocenters. The molecule has 0 saturated heterocycles. The molecule has 1 aromatic carbocycles. The minimum Gasteiger partial charge on any atom is -0.494 e. The highest BCUT2D eigenvalue weighted by Crippen LogP contribution is 2.31. The second kappa shape index (κ2) is 4.84. The molecule has 0 spiro atoms. The summed E-state index contributed by atoms with van der Waals surface area (Å²) < 4.78 is 18.2. The molecular weight excluding hydrogens is 221 g/mol. The molecule has 1 fully saturated rings. The zero-order valence-corrected chi connectivity index (χ0v) is 9.78. The van der Waals surface area contributed by atoms with Gasteiger partial charge in [0.05, 0.1) is 13.2 Å². The monoisotopic (exact) mass is 237 g/mol. The van der Waals surface area contributed by atoms with E-state index in [1.54, 1.807) is 12.1 Å². The quantitative estimate of drug-likeness (QED) is 0.847. The van der Waals surface area contributed by atoms with E-state index in [0.29, 0.717) is 6.42 Å². The highest BCUT2D eigenvalue weighted by molar-refractivity contribution is 5.88. The number of methoxy groups -OCH3 is 1. The van der Waals surface area contributed by atoms with E-state index < -0.39 is 11.9 Å². The van der Waals surface area contributed by atoms with Gasteiger partial charge in [-0.25, -0.2) is 4.39 Å². The Morgan fingerprint density at radius 2 is 2.29 bits per heavy atom. The number of ketones is 1. The van der Waals surface area contributed by atoms with E-state index in [4.69, 9.17) is 10.5 Å². The molecule has 92 valence electrons. The minimum absolute atomic E-state index is 0.0984. The molecule has 1 aromatic rings. The normalized spacial score (nSPS) is 16.6. The van der Waals surface area contributed by atoms with Crippen molar-refractivity contribution in [3.05, 3.63) is 29.6 Å². The van der Waals surface area contributed by atoms with E-state index in [9.17, 15) is 9.18 Å². The fraction of sp³-hybridized carbons (Fsp3) is 0.462. The van der Waals surface area contributed by atoms with Gasteiger partial charge in [-0.2, -0.15) is 0 Å². The highest BCUT2D eigenvalue weighted by atomic mass is 19.1. The van der Waals surface area contributed by atoms with E-state index in [2.05, 4.69) is 0 Å². The van der Waals surface area contributed by atoms with Crippen LogP contribution in [0.25, 0.3) is 0 Å². The van der Waals surface area contributed by atoms with E-state index >= 15 is 0 Å². The number of halogens is 1. The Labute approximate surface area is 99.8 Å². The van der Waals surface area contributed by atoms with Crippen LogP contribution >= 0.6 is 0 Å². The lowest BCUT2D eigenvalue weighted by Crippen LogP contribution is -2.33. The number of nitrogens with two attached hydrogens (primary N) is 1. The average Bonchev–Trinajstić information content (AvgIpc) is 3.12. The third-order valence-corrected chi connectivity index (χ3v) is 3.02. The summed E-state index contributed by atoms with van der Waals surface area (Å²) in [5, 5.41) is 0. The lowest BCUT2D eigenvalue weighted by molar-refractivity contribution is -0.121. The Hall–Kier alpha value is -1.42. The summed E-state index contributed by atoms with van der Waals surface area (Å²) in [5.74, 6) is 0.0289. The summed E-state index contributed by atoms with van der Waals surface area (Å²) in [6.07, 6.45) is 2.28. The van der Waals surface area contributed by atoms with Crippen molar-refractivity contribution in [3.8, 4) is 5.75 Å². The zero-order chi connectivity index (χ0) is 12.4. The molecule has 1 aliphatic carbocycles. The second-order valence-electron chi connectivity index (χ2n) is 4.46. The molecule has 1 unspecified atom stereocenters. The summed E-state index contributed by atoms with van der Waals surface area (Å²) in [7, 11) is 1.42. The van der Waals surface area contributed by atoms with E-state index in [0.717, 1.165) is 18.4 Å². The van der Waals surface area contributed by atoms with E-state index in [1.165, 1.54) is 13.2 Å². The van der Waals surface area contributed by atoms with Gasteiger partial charge in [0.1, 0.15) is 0 Å². The van der Waals surface area contributed by atoms with Gasteiger partial charge in [0, 0.05) is 5.92 Å². The summed E-state index contributed by atoms with van der Waals surface area (Å²) >= 11 is 0. The Kier molecular flexibility index (Phi) is 3.43. The van der Waals surface area contributed by atoms with Gasteiger partial charge in [-0.15, -0.1) is 0 Å². The van der Waals surface area contributed by atoms with Gasteiger partial charge in [0.25, 0.3) is 0 Å². The lowest BCUT2D eigenvalue weighted by Gasteiger charge is -2.11. The fourth-order valence-corrected chi connectivity index (χ4v) is 1.86. The molecule has 2 rings (SSSR count). The summed E-state index contributed by atoms with van der Waals surface area (Å²) in [6, 6.07) is 4.15. The molecule has 0 aromatic heterocycles. The lowest BCUT2D eigenvalue weighted by atomic mass is 10.0. The van der Waals surface area contributed by atoms with Crippen molar-refractivity contribution in [2.45, 2.75) is 25.3 Å². The first kappa shape index (κ1) is 12.0. The van der Waals surface area contributed by atoms with Gasteiger partial charge in [0.2, 0.25) is 0 Å². The number of benzene rings is 1. The predicted molar refractivity (Wildman–Crippen MR) is 62.4 cm³/mol. The SMILES string of the molecule is COc1ccc(CC(N)C(=O)C2CC2)cc1F. The number of Topliss-reactive ketones (excluding diaryl/α,β-unsaturated/α-hetero) is 1. The number of hydrogen-bond acceptors (Lipinski definition) is 3. The summed E-state index contributed by atoms with van der Waals surface area (Å²) in [4.78, 5) is 11.7. The molecule has 1 aliphatic rings. The number of carbonyl (C=O) groups excluding carboxylic acids is 1. The maximum absolute atomic E-state index is 13.4. The minimum atomic E-state index is -0.518. The van der Waals surface area contributed by atoms with Crippen molar-refractivity contribution < 1.29 is 13.9 Å². The number of hydrogen-bond donors (Lipinski definition) is 1. The second-order valence-corrected chi connectivity index (χ2v) is 4.46. The molecule has 4 heteroatoms. The standard InChI is InChI=1S/C13H16FNO2/c1-17-12-5-2-8(6-10(12)14)7-11(15)13(16)9-3-4-9/h2,5-6,9,11H,3-4,7,15H2,1H3. The van der Waals surface area contributed by atoms with Crippen LogP contribution in [-0.4, -0.2) is 18.9 Å². The number of carbonyl (C=O) groups is 1. The van der Waals surface area contributed by atoms with Gasteiger partial charge < -0.3 is 10.5 Å². The van der Waals surface area contributed by atoms with Crippen molar-refractivity contribution >= 4 is 5.78 Å². The Morgan fingerprint density at radius 3 is 2.82 bits per heavy atom. The average molecular weight is 237 g/mol. The van der Waals surface area contributed by atoms with Crippen molar-refractivity contribution in [2.24, 2.45) is 11.7 Å². The van der Waals surface area contributed by atoms with E-state index in [-0.39, 0.29) is 17.5 Å². The maximum atomic E-state index is 13.4. The molecule has 0 radical (unpaired) electrons. The van der Waals surface area contributed by atoms with Crippen LogP contribution in [0.3, 0.4) is 0 Å². The van der Waals surface area contributed by atoms with E-state index in [1.807, 2.05) is 0 Å². The first-order valence-corrected chi connectivity index (χ1v) is 5.73. The van der Waals surface area contributed by atoms with Crippen LogP contribution in [0.4, 0.5) is 4.39 Å². The molecule has 0 bridgehead atoms. The van der Waals surface area contributed by atoms with Crippen LogP contribution in [-0.2, 0) is 11.2 Å². The van der Waals surface area contributed by atoms with Gasteiger partial charge in [-0.1, -0.05) is 6.07 Å². The summed E-state index contributed by atoms with van der Waals surface area (Å²) in [6.45, 7) is 0. The first-order valence-electron chi connectivity index (χ1n) is 5.73. The predicted octanol–water partition coefficient (Wildman–Crippen LogP) is 1.68. The Morgan fingerprint density at radius 1 is 1.59 bits per heavy atom. The first-order chi connectivity index (χ1) is 8.11. The zero-order valence-electron chi connectivity index (χ0n) is 9.78. The molecule has 2 N–H and O–H groups in total. The third kappa shape index (κ3) is 2.82. The molecular formula is C13H16FNO2. The van der Waals surface area contributed by atoms with Crippen LogP contribution in [0.2, 0.25) is 0 Å². The Balaban J connectivity index is 2.02. The number of rotatable bonds is 5. The molecule has 0 heterocycles. The molecule has 3 nitrogen and oxygen atoms in total. The fourth-order valence-electron chi connectivity index (χ4n) is 1.86. The number of ether oxygens (including phenoxy) is 1. The van der Waals surface area contributed by atoms with Gasteiger partial charge in [-0.3, -0.25) is 4.79 Å².